The summed E-state index contributed by atoms with van der Waals surface area (Å²) in [6.45, 7) is 11.9. The molecule has 0 aromatic heterocycles. The molecular weight excluding hydrogens is 1040 g/mol. The van der Waals surface area contributed by atoms with E-state index in [9.17, 15) is 38.7 Å². The molecule has 2 aromatic rings. The molecule has 3 unspecified atom stereocenters. The minimum Gasteiger partial charge on any atom is -0.396 e. The highest BCUT2D eigenvalue weighted by molar-refractivity contribution is 6.12. The molecule has 6 rings (SSSR count). The summed E-state index contributed by atoms with van der Waals surface area (Å²) >= 11 is 0. The van der Waals surface area contributed by atoms with Crippen molar-refractivity contribution in [3.05, 3.63) is 77.9 Å². The number of primary amides is 1. The van der Waals surface area contributed by atoms with Crippen molar-refractivity contribution >= 4 is 52.9 Å². The number of nitrogens with zero attached hydrogens (tertiary/aromatic N) is 4. The second-order valence-corrected chi connectivity index (χ2v) is 23.8. The molecule has 0 spiro atoms. The summed E-state index contributed by atoms with van der Waals surface area (Å²) < 4.78 is 12.4. The van der Waals surface area contributed by atoms with Crippen molar-refractivity contribution < 1.29 is 52.9 Å². The number of likely N-dealkylation sites (N-methyl/N-ethyl adjacent to an activating group) is 1. The molecule has 8 amide bonds. The van der Waals surface area contributed by atoms with Crippen LogP contribution < -0.4 is 21.7 Å². The number of piperidine rings is 1. The summed E-state index contributed by atoms with van der Waals surface area (Å²) in [5, 5.41) is 18.3. The molecule has 3 heterocycles. The average molecular weight is 1140 g/mol. The second kappa shape index (κ2) is 31.0. The number of ether oxygens (including phenoxy) is 2. The van der Waals surface area contributed by atoms with Gasteiger partial charge < -0.3 is 46.1 Å². The molecule has 1 aliphatic carbocycles. The number of nitrogens with one attached hydrogen (secondary N) is 3. The zero-order valence-electron chi connectivity index (χ0n) is 49.9. The van der Waals surface area contributed by atoms with E-state index >= 15 is 4.79 Å². The Morgan fingerprint density at radius 2 is 1.50 bits per heavy atom. The number of imide groups is 1. The van der Waals surface area contributed by atoms with Crippen LogP contribution in [0.2, 0.25) is 0 Å². The Morgan fingerprint density at radius 1 is 0.829 bits per heavy atom. The number of methoxy groups -OCH3 is 2. The number of carbonyl (C=O) groups excluding carboxylic acids is 8. The summed E-state index contributed by atoms with van der Waals surface area (Å²) in [7, 11) is 4.95. The molecular formula is C63H94N8O11. The maximum atomic E-state index is 15.4. The Morgan fingerprint density at radius 3 is 2.13 bits per heavy atom. The number of aliphatic hydroxyl groups excluding tert-OH is 1. The lowest BCUT2D eigenvalue weighted by Gasteiger charge is -2.50. The molecule has 6 N–H and O–H groups in total. The van der Waals surface area contributed by atoms with Crippen molar-refractivity contribution in [3.63, 3.8) is 0 Å². The number of unbranched alkanes of at least 4 members (excludes halogenated alkanes) is 5. The van der Waals surface area contributed by atoms with Crippen LogP contribution in [-0.4, -0.2) is 161 Å². The highest BCUT2D eigenvalue weighted by Crippen LogP contribution is 2.56. The lowest BCUT2D eigenvalue weighted by Crippen LogP contribution is -2.63. The number of carbonyl (C=O) groups is 8. The van der Waals surface area contributed by atoms with Gasteiger partial charge in [0.2, 0.25) is 35.4 Å². The van der Waals surface area contributed by atoms with E-state index in [0.717, 1.165) is 56.1 Å². The van der Waals surface area contributed by atoms with Gasteiger partial charge in [0.1, 0.15) is 6.04 Å². The summed E-state index contributed by atoms with van der Waals surface area (Å²) in [6, 6.07) is 14.2. The van der Waals surface area contributed by atoms with Crippen molar-refractivity contribution in [1.82, 2.24) is 30.2 Å². The Hall–Kier alpha value is -6.02. The van der Waals surface area contributed by atoms with Crippen LogP contribution in [-0.2, 0) is 60.8 Å². The third-order valence-corrected chi connectivity index (χ3v) is 18.1. The smallest absolute Gasteiger partial charge is 0.253 e. The normalized spacial score (nSPS) is 22.2. The fourth-order valence-electron chi connectivity index (χ4n) is 13.7. The molecule has 3 fully saturated rings. The Balaban J connectivity index is 1.08. The van der Waals surface area contributed by atoms with E-state index in [1.165, 1.54) is 24.2 Å². The summed E-state index contributed by atoms with van der Waals surface area (Å²) in [6.07, 6.45) is 11.2. The lowest BCUT2D eigenvalue weighted by atomic mass is 9.73. The fraction of sp³-hybridized carbons (Fsp3) is 0.651. The summed E-state index contributed by atoms with van der Waals surface area (Å²) in [4.78, 5) is 115. The third-order valence-electron chi connectivity index (χ3n) is 18.1. The number of amides is 8. The highest BCUT2D eigenvalue weighted by atomic mass is 16.5. The van der Waals surface area contributed by atoms with Gasteiger partial charge >= 0.3 is 0 Å². The minimum atomic E-state index is -0.975. The molecule has 19 heteroatoms. The number of nitrogens with two attached hydrogens (primary N) is 1. The standard InChI is InChI=1S/C63H94N8O11/c1-9-42(4)56(68(6)62(80)55(41(2)3)63-32-31-46(39-63)57(59(64)77)71(63)35-18-10-11-19-36-72)50(81-7)38-54(76)69-34-20-23-49(69)58(82-8)43(5)60(78)67-48(37-44-21-14-12-15-22-44)61(79)66-47-27-25-45(26-28-47)40-65-51(73)24-16-13-17-33-70-52(74)29-30-53(70)75/h12,14-15,21-22,25-30,41-43,46,48-50,55-58,72H,9-11,13,16-20,23-24,31-40H2,1-8H3,(H2,64,77)(H,65,73)(H,66,79)(H,67,78)/t42-,43+,46?,48-,49-,50+,55+,56-,57?,58+,63?/m0/s1. The van der Waals surface area contributed by atoms with Crippen LogP contribution in [0.1, 0.15) is 142 Å². The van der Waals surface area contributed by atoms with Crippen LogP contribution in [0.3, 0.4) is 0 Å². The predicted octanol–water partition coefficient (Wildman–Crippen LogP) is 5.91. The van der Waals surface area contributed by atoms with Crippen LogP contribution in [0.15, 0.2) is 66.7 Å². The highest BCUT2D eigenvalue weighted by Gasteiger charge is 2.63. The van der Waals surface area contributed by atoms with Crippen LogP contribution >= 0.6 is 0 Å². The Kier molecular flexibility index (Phi) is 24.7. The van der Waals surface area contributed by atoms with Gasteiger partial charge in [-0.15, -0.1) is 0 Å². The third kappa shape index (κ3) is 16.2. The molecule has 2 saturated heterocycles. The summed E-state index contributed by atoms with van der Waals surface area (Å²) in [5.41, 5.74) is 7.74. The van der Waals surface area contributed by atoms with Gasteiger partial charge in [-0.05, 0) is 105 Å². The first kappa shape index (κ1) is 65.1. The predicted molar refractivity (Wildman–Crippen MR) is 313 cm³/mol. The van der Waals surface area contributed by atoms with Gasteiger partial charge in [-0.25, -0.2) is 0 Å². The Labute approximate surface area is 486 Å². The molecule has 3 aliphatic heterocycles. The van der Waals surface area contributed by atoms with Crippen molar-refractivity contribution in [3.8, 4) is 0 Å². The molecule has 82 heavy (non-hydrogen) atoms. The van der Waals surface area contributed by atoms with E-state index in [2.05, 4.69) is 48.5 Å². The maximum absolute atomic E-state index is 15.4. The number of likely N-dealkylation sites (tertiary alicyclic amines) is 2. The van der Waals surface area contributed by atoms with Crippen molar-refractivity contribution in [1.29, 1.82) is 0 Å². The molecule has 1 saturated carbocycles. The van der Waals surface area contributed by atoms with E-state index in [4.69, 9.17) is 15.2 Å². The quantitative estimate of drug-likeness (QED) is 0.0406. The molecule has 452 valence electrons. The lowest BCUT2D eigenvalue weighted by molar-refractivity contribution is -0.154. The minimum absolute atomic E-state index is 0.0104. The Bertz CT molecular complexity index is 2490. The van der Waals surface area contributed by atoms with E-state index in [-0.39, 0.29) is 79.2 Å². The number of aliphatic hydroxyl groups is 1. The summed E-state index contributed by atoms with van der Waals surface area (Å²) in [5.74, 6) is -3.40. The van der Waals surface area contributed by atoms with Gasteiger partial charge in [0.25, 0.3) is 11.8 Å². The molecule has 0 radical (unpaired) electrons. The molecule has 19 nitrogen and oxygen atoms in total. The number of benzene rings is 2. The van der Waals surface area contributed by atoms with E-state index in [1.807, 2.05) is 42.3 Å². The molecule has 4 aliphatic rings. The van der Waals surface area contributed by atoms with Crippen molar-refractivity contribution in [2.75, 3.05) is 52.8 Å². The van der Waals surface area contributed by atoms with Gasteiger partial charge in [0, 0.05) is 83.7 Å². The first-order chi connectivity index (χ1) is 39.3. The van der Waals surface area contributed by atoms with Gasteiger partial charge in [-0.2, -0.15) is 0 Å². The molecule has 2 aromatic carbocycles. The maximum Gasteiger partial charge on any atom is 0.253 e. The number of hydrogen-bond donors (Lipinski definition) is 5. The van der Waals surface area contributed by atoms with Crippen LogP contribution in [0.25, 0.3) is 0 Å². The topological polar surface area (TPSA) is 250 Å². The zero-order valence-corrected chi connectivity index (χ0v) is 49.9. The monoisotopic (exact) mass is 1140 g/mol. The number of anilines is 1. The first-order valence-corrected chi connectivity index (χ1v) is 30.1. The van der Waals surface area contributed by atoms with Crippen molar-refractivity contribution in [2.45, 2.75) is 186 Å². The second-order valence-electron chi connectivity index (χ2n) is 23.8. The number of hydrogen-bond acceptors (Lipinski definition) is 12. The van der Waals surface area contributed by atoms with Crippen LogP contribution in [0.5, 0.6) is 0 Å². The fourth-order valence-corrected chi connectivity index (χ4v) is 13.7. The van der Waals surface area contributed by atoms with Crippen LogP contribution in [0, 0.1) is 29.6 Å². The van der Waals surface area contributed by atoms with Gasteiger partial charge in [-0.1, -0.05) is 103 Å². The SMILES string of the molecule is CC[C@H](C)[C@@H]([C@@H](CC(=O)N1CCC[C@H]1[C@H](OC)[C@@H](C)C(=O)N[C@@H](Cc1ccccc1)C(=O)Nc1ccc(CNC(=O)CCCCCN2C(=O)C=CC2=O)cc1)OC)N(C)C(=O)[C@@H](C(C)C)C12CCC(C1)C(C(N)=O)N2CCCCCCO. The van der Waals surface area contributed by atoms with E-state index < -0.39 is 65.6 Å². The van der Waals surface area contributed by atoms with Crippen molar-refractivity contribution in [2.24, 2.45) is 35.3 Å². The van der Waals surface area contributed by atoms with Gasteiger partial charge in [0.15, 0.2) is 0 Å². The zero-order chi connectivity index (χ0) is 59.7. The van der Waals surface area contributed by atoms with E-state index in [1.54, 1.807) is 43.2 Å². The van der Waals surface area contributed by atoms with E-state index in [0.29, 0.717) is 70.3 Å². The average Bonchev–Trinajstić information content (AvgIpc) is 1.99. The van der Waals surface area contributed by atoms with Gasteiger partial charge in [0.05, 0.1) is 48.6 Å². The number of rotatable bonds is 34. The van der Waals surface area contributed by atoms with Crippen LogP contribution in [0.4, 0.5) is 5.69 Å². The largest absolute Gasteiger partial charge is 0.396 e. The number of fused-ring (bicyclic) bond motifs is 2. The first-order valence-electron chi connectivity index (χ1n) is 30.1. The van der Waals surface area contributed by atoms with Gasteiger partial charge in [-0.3, -0.25) is 48.2 Å². The molecule has 11 atom stereocenters. The molecule has 2 bridgehead atoms.